The average Bonchev–Trinajstić information content (AvgIpc) is 3.58. The van der Waals surface area contributed by atoms with Gasteiger partial charge in [0.05, 0.1) is 23.9 Å². The molecule has 1 aliphatic heterocycles. The van der Waals surface area contributed by atoms with Gasteiger partial charge in [-0.25, -0.2) is 28.8 Å². The van der Waals surface area contributed by atoms with E-state index in [4.69, 9.17) is 4.42 Å². The summed E-state index contributed by atoms with van der Waals surface area (Å²) >= 11 is 0. The summed E-state index contributed by atoms with van der Waals surface area (Å²) in [5, 5.41) is 4.52. The number of H-pyrrole nitrogens is 1. The van der Waals surface area contributed by atoms with E-state index >= 15 is 0 Å². The first kappa shape index (κ1) is 18.4. The number of carbonyl (C=O) groups excluding carboxylic acids is 1. The molecule has 1 amide bonds. The zero-order valence-corrected chi connectivity index (χ0v) is 16.5. The van der Waals surface area contributed by atoms with E-state index in [1.54, 1.807) is 48.0 Å². The van der Waals surface area contributed by atoms with Crippen LogP contribution in [0.5, 0.6) is 0 Å². The zero-order chi connectivity index (χ0) is 21.7. The number of hydrogen-bond acceptors (Lipinski definition) is 7. The number of fused-ring (bicyclic) bond motifs is 2. The van der Waals surface area contributed by atoms with Crippen LogP contribution >= 0.6 is 0 Å². The molecule has 0 saturated heterocycles. The Bertz CT molecular complexity index is 1440. The highest BCUT2D eigenvalue weighted by Crippen LogP contribution is 2.34. The molecular formula is C21H15FN8O2. The Morgan fingerprint density at radius 2 is 2.06 bits per heavy atom. The number of aromatic nitrogens is 7. The minimum atomic E-state index is -0.613. The first-order chi connectivity index (χ1) is 15.7. The Kier molecular flexibility index (Phi) is 4.06. The second kappa shape index (κ2) is 7.08. The predicted octanol–water partition coefficient (Wildman–Crippen LogP) is 2.43. The number of carbonyl (C=O) groups is 1. The second-order valence-electron chi connectivity index (χ2n) is 7.27. The first-order valence-corrected chi connectivity index (χ1v) is 9.89. The van der Waals surface area contributed by atoms with E-state index in [-0.39, 0.29) is 23.4 Å². The maximum Gasteiger partial charge on any atom is 0.292 e. The van der Waals surface area contributed by atoms with Gasteiger partial charge in [-0.15, -0.1) is 0 Å². The van der Waals surface area contributed by atoms with Gasteiger partial charge in [-0.1, -0.05) is 0 Å². The van der Waals surface area contributed by atoms with Crippen LogP contribution in [0.3, 0.4) is 0 Å². The predicted molar refractivity (Wildman–Crippen MR) is 108 cm³/mol. The third kappa shape index (κ3) is 2.86. The molecule has 11 heteroatoms. The highest BCUT2D eigenvalue weighted by atomic mass is 19.1. The first-order valence-electron chi connectivity index (χ1n) is 9.89. The maximum atomic E-state index is 14.3. The molecule has 6 rings (SSSR count). The number of nitrogens with one attached hydrogen (secondary N) is 1. The van der Waals surface area contributed by atoms with Crippen LogP contribution < -0.4 is 0 Å². The fourth-order valence-corrected chi connectivity index (χ4v) is 3.96. The SMILES string of the molecule is O=C(c1cnc(-c2ncccn2)o1)N1CCc2[nH]cnc2C1c1cc2c(F)cccn2n1. The van der Waals surface area contributed by atoms with Gasteiger partial charge in [0.1, 0.15) is 17.4 Å². The molecule has 1 unspecified atom stereocenters. The van der Waals surface area contributed by atoms with Gasteiger partial charge < -0.3 is 14.3 Å². The Morgan fingerprint density at radius 3 is 2.91 bits per heavy atom. The van der Waals surface area contributed by atoms with Crippen molar-refractivity contribution in [3.05, 3.63) is 84.0 Å². The molecule has 1 N–H and O–H groups in total. The molecule has 5 aromatic heterocycles. The Labute approximate surface area is 179 Å². The number of pyridine rings is 1. The van der Waals surface area contributed by atoms with Crippen LogP contribution in [0.15, 0.2) is 59.8 Å². The van der Waals surface area contributed by atoms with Crippen molar-refractivity contribution in [3.63, 3.8) is 0 Å². The summed E-state index contributed by atoms with van der Waals surface area (Å²) in [6.45, 7) is 0.396. The molecule has 0 saturated carbocycles. The van der Waals surface area contributed by atoms with Gasteiger partial charge in [-0.3, -0.25) is 4.79 Å². The summed E-state index contributed by atoms with van der Waals surface area (Å²) < 4.78 is 21.4. The van der Waals surface area contributed by atoms with Gasteiger partial charge in [-0.2, -0.15) is 5.10 Å². The number of nitrogens with zero attached hydrogens (tertiary/aromatic N) is 7. The molecule has 10 nitrogen and oxygen atoms in total. The van der Waals surface area contributed by atoms with Crippen LogP contribution in [-0.4, -0.2) is 51.9 Å². The van der Waals surface area contributed by atoms with Crippen molar-refractivity contribution in [1.29, 1.82) is 0 Å². The van der Waals surface area contributed by atoms with Crippen LogP contribution in [0.2, 0.25) is 0 Å². The summed E-state index contributed by atoms with van der Waals surface area (Å²) in [6.07, 6.45) is 8.31. The Morgan fingerprint density at radius 1 is 1.19 bits per heavy atom. The van der Waals surface area contributed by atoms with Crippen molar-refractivity contribution in [2.75, 3.05) is 6.54 Å². The van der Waals surface area contributed by atoms with Crippen LogP contribution in [0, 0.1) is 5.82 Å². The van der Waals surface area contributed by atoms with E-state index in [0.717, 1.165) is 5.69 Å². The molecule has 6 heterocycles. The summed E-state index contributed by atoms with van der Waals surface area (Å²) in [6, 6.07) is 5.64. The third-order valence-electron chi connectivity index (χ3n) is 5.41. The van der Waals surface area contributed by atoms with Crippen LogP contribution in [-0.2, 0) is 6.42 Å². The van der Waals surface area contributed by atoms with Crippen molar-refractivity contribution < 1.29 is 13.6 Å². The van der Waals surface area contributed by atoms with Gasteiger partial charge in [0.15, 0.2) is 0 Å². The lowest BCUT2D eigenvalue weighted by Gasteiger charge is -2.33. The minimum Gasteiger partial charge on any atom is -0.428 e. The second-order valence-corrected chi connectivity index (χ2v) is 7.27. The highest BCUT2D eigenvalue weighted by Gasteiger charge is 2.37. The van der Waals surface area contributed by atoms with E-state index in [1.165, 1.54) is 16.8 Å². The van der Waals surface area contributed by atoms with Crippen molar-refractivity contribution in [1.82, 2.24) is 39.4 Å². The van der Waals surface area contributed by atoms with Crippen molar-refractivity contribution in [3.8, 4) is 11.7 Å². The lowest BCUT2D eigenvalue weighted by atomic mass is 9.99. The maximum absolute atomic E-state index is 14.3. The van der Waals surface area contributed by atoms with E-state index in [1.807, 2.05) is 0 Å². The summed E-state index contributed by atoms with van der Waals surface area (Å²) in [4.78, 5) is 34.9. The molecule has 0 fully saturated rings. The van der Waals surface area contributed by atoms with Crippen molar-refractivity contribution in [2.45, 2.75) is 12.5 Å². The highest BCUT2D eigenvalue weighted by molar-refractivity contribution is 5.92. The van der Waals surface area contributed by atoms with Gasteiger partial charge in [0.25, 0.3) is 11.8 Å². The minimum absolute atomic E-state index is 0.0476. The molecule has 5 aromatic rings. The fourth-order valence-electron chi connectivity index (χ4n) is 3.96. The zero-order valence-electron chi connectivity index (χ0n) is 16.5. The number of halogens is 1. The van der Waals surface area contributed by atoms with Crippen LogP contribution in [0.1, 0.15) is 33.7 Å². The summed E-state index contributed by atoms with van der Waals surface area (Å²) in [5.74, 6) is -0.294. The van der Waals surface area contributed by atoms with E-state index in [0.29, 0.717) is 29.9 Å². The number of hydrogen-bond donors (Lipinski definition) is 1. The Hall–Kier alpha value is -4.41. The lowest BCUT2D eigenvalue weighted by Crippen LogP contribution is -2.40. The average molecular weight is 430 g/mol. The third-order valence-corrected chi connectivity index (χ3v) is 5.41. The smallest absolute Gasteiger partial charge is 0.292 e. The number of aromatic amines is 1. The molecule has 158 valence electrons. The van der Waals surface area contributed by atoms with Gasteiger partial charge in [0.2, 0.25) is 11.6 Å². The van der Waals surface area contributed by atoms with Gasteiger partial charge in [-0.05, 0) is 24.3 Å². The molecular weight excluding hydrogens is 415 g/mol. The normalized spacial score (nSPS) is 15.8. The molecule has 0 spiro atoms. The van der Waals surface area contributed by atoms with Crippen LogP contribution in [0.4, 0.5) is 4.39 Å². The van der Waals surface area contributed by atoms with E-state index in [9.17, 15) is 9.18 Å². The van der Waals surface area contributed by atoms with Crippen LogP contribution in [0.25, 0.3) is 17.2 Å². The molecule has 0 aromatic carbocycles. The standard InChI is InChI=1S/C21H15FN8O2/c22-12-3-1-7-30-15(12)9-14(28-30)18-17-13(26-11-27-17)4-8-29(18)21(31)16-10-25-20(32-16)19-23-5-2-6-24-19/h1-3,5-7,9-11,18H,4,8H2,(H,26,27). The molecule has 0 bridgehead atoms. The molecule has 0 aliphatic carbocycles. The molecule has 1 atom stereocenters. The fraction of sp³-hybridized carbons (Fsp3) is 0.143. The van der Waals surface area contributed by atoms with E-state index in [2.05, 4.69) is 30.0 Å². The molecule has 0 radical (unpaired) electrons. The number of rotatable bonds is 3. The van der Waals surface area contributed by atoms with Crippen molar-refractivity contribution in [2.24, 2.45) is 0 Å². The summed E-state index contributed by atoms with van der Waals surface area (Å²) in [5.41, 5.74) is 2.40. The quantitative estimate of drug-likeness (QED) is 0.467. The number of amides is 1. The lowest BCUT2D eigenvalue weighted by molar-refractivity contribution is 0.0655. The largest absolute Gasteiger partial charge is 0.428 e. The molecule has 1 aliphatic rings. The number of oxazole rings is 1. The molecule has 32 heavy (non-hydrogen) atoms. The number of imidazole rings is 1. The van der Waals surface area contributed by atoms with Gasteiger partial charge in [0, 0.05) is 37.3 Å². The van der Waals surface area contributed by atoms with Crippen molar-refractivity contribution >= 4 is 11.4 Å². The Balaban J connectivity index is 1.41. The van der Waals surface area contributed by atoms with E-state index < -0.39 is 11.9 Å². The topological polar surface area (TPSA) is 118 Å². The van der Waals surface area contributed by atoms with Gasteiger partial charge >= 0.3 is 0 Å². The monoisotopic (exact) mass is 430 g/mol. The summed E-state index contributed by atoms with van der Waals surface area (Å²) in [7, 11) is 0.